The maximum Gasteiger partial charge on any atom is 0.409 e. The van der Waals surface area contributed by atoms with Crippen LogP contribution in [-0.4, -0.2) is 49.2 Å². The van der Waals surface area contributed by atoms with E-state index in [1.165, 1.54) is 0 Å². The number of benzene rings is 1. The third kappa shape index (κ3) is 5.15. The zero-order chi connectivity index (χ0) is 17.4. The lowest BCUT2D eigenvalue weighted by Crippen LogP contribution is -2.46. The molecule has 1 aromatic rings. The summed E-state index contributed by atoms with van der Waals surface area (Å²) in [7, 11) is 0. The van der Waals surface area contributed by atoms with Crippen LogP contribution in [0.1, 0.15) is 43.5 Å². The molecule has 0 unspecified atom stereocenters. The number of nitrogens with zero attached hydrogens (tertiary/aromatic N) is 1. The van der Waals surface area contributed by atoms with Gasteiger partial charge in [-0.1, -0.05) is 6.92 Å². The number of hydrogen-bond acceptors (Lipinski definition) is 4. The van der Waals surface area contributed by atoms with Gasteiger partial charge in [0.2, 0.25) is 0 Å². The van der Waals surface area contributed by atoms with Crippen LogP contribution in [-0.2, 0) is 4.74 Å². The van der Waals surface area contributed by atoms with E-state index in [0.717, 1.165) is 25.0 Å². The fraction of sp³-hybridized carbons (Fsp3) is 0.556. The Balaban J connectivity index is 1.80. The number of carbonyl (C=O) groups excluding carboxylic acids is 2. The molecule has 2 rings (SSSR count). The van der Waals surface area contributed by atoms with Crippen molar-refractivity contribution >= 4 is 12.0 Å². The zero-order valence-corrected chi connectivity index (χ0v) is 14.4. The molecule has 1 aliphatic heterocycles. The Hall–Kier alpha value is -2.24. The topological polar surface area (TPSA) is 67.9 Å². The first kappa shape index (κ1) is 18.1. The van der Waals surface area contributed by atoms with Crippen molar-refractivity contribution in [3.05, 3.63) is 29.8 Å². The monoisotopic (exact) mass is 334 g/mol. The molecule has 0 aromatic heterocycles. The highest BCUT2D eigenvalue weighted by molar-refractivity contribution is 5.94. The van der Waals surface area contributed by atoms with E-state index in [0.29, 0.717) is 31.9 Å². The highest BCUT2D eigenvalue weighted by atomic mass is 16.6. The van der Waals surface area contributed by atoms with E-state index in [4.69, 9.17) is 9.47 Å². The van der Waals surface area contributed by atoms with Gasteiger partial charge in [0.1, 0.15) is 5.75 Å². The van der Waals surface area contributed by atoms with Crippen LogP contribution in [0.3, 0.4) is 0 Å². The van der Waals surface area contributed by atoms with Crippen LogP contribution in [0.5, 0.6) is 5.75 Å². The summed E-state index contributed by atoms with van der Waals surface area (Å²) in [6, 6.07) is 7.25. The second kappa shape index (κ2) is 9.15. The van der Waals surface area contributed by atoms with Crippen LogP contribution >= 0.6 is 0 Å². The van der Waals surface area contributed by atoms with E-state index in [1.807, 2.05) is 12.1 Å². The van der Waals surface area contributed by atoms with E-state index < -0.39 is 0 Å². The lowest BCUT2D eigenvalue weighted by atomic mass is 10.0. The van der Waals surface area contributed by atoms with Gasteiger partial charge in [0, 0.05) is 24.7 Å². The average Bonchev–Trinajstić information content (AvgIpc) is 2.61. The molecule has 1 aromatic carbocycles. The lowest BCUT2D eigenvalue weighted by molar-refractivity contribution is 0.0860. The van der Waals surface area contributed by atoms with Gasteiger partial charge in [0.15, 0.2) is 0 Å². The van der Waals surface area contributed by atoms with E-state index in [1.54, 1.807) is 24.0 Å². The quantitative estimate of drug-likeness (QED) is 0.868. The summed E-state index contributed by atoms with van der Waals surface area (Å²) in [5.74, 6) is 0.683. The molecule has 6 nitrogen and oxygen atoms in total. The normalized spacial score (nSPS) is 15.0. The number of hydrogen-bond donors (Lipinski definition) is 1. The third-order valence-corrected chi connectivity index (χ3v) is 3.95. The smallest absolute Gasteiger partial charge is 0.409 e. The van der Waals surface area contributed by atoms with Crippen LogP contribution in [0.25, 0.3) is 0 Å². The fourth-order valence-electron chi connectivity index (χ4n) is 2.61. The molecule has 0 aliphatic carbocycles. The molecule has 0 radical (unpaired) electrons. The van der Waals surface area contributed by atoms with Gasteiger partial charge < -0.3 is 19.7 Å². The van der Waals surface area contributed by atoms with Gasteiger partial charge in [-0.15, -0.1) is 0 Å². The number of rotatable bonds is 6. The number of piperidine rings is 1. The minimum absolute atomic E-state index is 0.0826. The van der Waals surface area contributed by atoms with Crippen molar-refractivity contribution in [3.8, 4) is 5.75 Å². The molecular formula is C18H26N2O4. The number of amides is 2. The van der Waals surface area contributed by atoms with Gasteiger partial charge in [0.05, 0.1) is 13.2 Å². The summed E-state index contributed by atoms with van der Waals surface area (Å²) in [6.07, 6.45) is 2.15. The molecule has 132 valence electrons. The predicted molar refractivity (Wildman–Crippen MR) is 91.3 cm³/mol. The summed E-state index contributed by atoms with van der Waals surface area (Å²) in [4.78, 5) is 25.6. The first-order chi connectivity index (χ1) is 11.6. The molecule has 1 fully saturated rings. The van der Waals surface area contributed by atoms with E-state index in [9.17, 15) is 9.59 Å². The van der Waals surface area contributed by atoms with Gasteiger partial charge in [-0.25, -0.2) is 4.79 Å². The Bertz CT molecular complexity index is 536. The Morgan fingerprint density at radius 1 is 1.17 bits per heavy atom. The minimum Gasteiger partial charge on any atom is -0.494 e. The average molecular weight is 334 g/mol. The summed E-state index contributed by atoms with van der Waals surface area (Å²) in [5.41, 5.74) is 0.617. The van der Waals surface area contributed by atoms with Crippen molar-refractivity contribution in [3.63, 3.8) is 0 Å². The standard InChI is InChI=1S/C18H26N2O4/c1-3-13-24-16-7-5-14(6-8-16)17(21)19-15-9-11-20(12-10-15)18(22)23-4-2/h5-8,15H,3-4,9-13H2,1-2H3,(H,19,21). The van der Waals surface area contributed by atoms with E-state index in [2.05, 4.69) is 12.2 Å². The first-order valence-electron chi connectivity index (χ1n) is 8.59. The summed E-state index contributed by atoms with van der Waals surface area (Å²) in [5, 5.41) is 3.03. The number of likely N-dealkylation sites (tertiary alicyclic amines) is 1. The fourth-order valence-corrected chi connectivity index (χ4v) is 2.61. The molecule has 0 bridgehead atoms. The summed E-state index contributed by atoms with van der Waals surface area (Å²) in [6.45, 7) is 6.11. The molecular weight excluding hydrogens is 308 g/mol. The largest absolute Gasteiger partial charge is 0.494 e. The molecule has 2 amide bonds. The van der Waals surface area contributed by atoms with Crippen LogP contribution in [0.4, 0.5) is 4.79 Å². The van der Waals surface area contributed by atoms with Crippen molar-refractivity contribution in [2.45, 2.75) is 39.2 Å². The molecule has 1 aliphatic rings. The van der Waals surface area contributed by atoms with E-state index >= 15 is 0 Å². The Kier molecular flexibility index (Phi) is 6.90. The number of nitrogens with one attached hydrogen (secondary N) is 1. The van der Waals surface area contributed by atoms with Crippen LogP contribution in [0.2, 0.25) is 0 Å². The number of ether oxygens (including phenoxy) is 2. The molecule has 0 atom stereocenters. The Labute approximate surface area is 143 Å². The van der Waals surface area contributed by atoms with Crippen molar-refractivity contribution in [2.75, 3.05) is 26.3 Å². The van der Waals surface area contributed by atoms with Crippen LogP contribution in [0, 0.1) is 0 Å². The van der Waals surface area contributed by atoms with Crippen molar-refractivity contribution in [1.82, 2.24) is 10.2 Å². The molecule has 0 saturated carbocycles. The van der Waals surface area contributed by atoms with Crippen molar-refractivity contribution < 1.29 is 19.1 Å². The SMILES string of the molecule is CCCOc1ccc(C(=O)NC2CCN(C(=O)OCC)CC2)cc1. The van der Waals surface area contributed by atoms with Crippen molar-refractivity contribution in [2.24, 2.45) is 0 Å². The Morgan fingerprint density at radius 3 is 2.42 bits per heavy atom. The lowest BCUT2D eigenvalue weighted by Gasteiger charge is -2.31. The van der Waals surface area contributed by atoms with Crippen LogP contribution < -0.4 is 10.1 Å². The zero-order valence-electron chi connectivity index (χ0n) is 14.4. The van der Waals surface area contributed by atoms with E-state index in [-0.39, 0.29) is 18.0 Å². The molecule has 1 saturated heterocycles. The van der Waals surface area contributed by atoms with Gasteiger partial charge >= 0.3 is 6.09 Å². The summed E-state index contributed by atoms with van der Waals surface area (Å²) < 4.78 is 10.5. The highest BCUT2D eigenvalue weighted by Gasteiger charge is 2.24. The molecule has 6 heteroatoms. The molecule has 24 heavy (non-hydrogen) atoms. The summed E-state index contributed by atoms with van der Waals surface area (Å²) >= 11 is 0. The van der Waals surface area contributed by atoms with Gasteiger partial charge in [-0.3, -0.25) is 4.79 Å². The van der Waals surface area contributed by atoms with Crippen molar-refractivity contribution in [1.29, 1.82) is 0 Å². The maximum absolute atomic E-state index is 12.3. The third-order valence-electron chi connectivity index (χ3n) is 3.95. The van der Waals surface area contributed by atoms with Crippen LogP contribution in [0.15, 0.2) is 24.3 Å². The van der Waals surface area contributed by atoms with Gasteiger partial charge in [-0.2, -0.15) is 0 Å². The predicted octanol–water partition coefficient (Wildman–Crippen LogP) is 2.83. The molecule has 0 spiro atoms. The molecule has 1 heterocycles. The minimum atomic E-state index is -0.273. The Morgan fingerprint density at radius 2 is 1.83 bits per heavy atom. The first-order valence-corrected chi connectivity index (χ1v) is 8.59. The highest BCUT2D eigenvalue weighted by Crippen LogP contribution is 2.15. The van der Waals surface area contributed by atoms with Gasteiger partial charge in [0.25, 0.3) is 5.91 Å². The second-order valence-corrected chi connectivity index (χ2v) is 5.81. The molecule has 1 N–H and O–H groups in total. The maximum atomic E-state index is 12.3. The number of carbonyl (C=O) groups is 2. The second-order valence-electron chi connectivity index (χ2n) is 5.81. The van der Waals surface area contributed by atoms with Gasteiger partial charge in [-0.05, 0) is 50.5 Å².